The molecule has 2 heterocycles. The van der Waals surface area contributed by atoms with Crippen LogP contribution >= 0.6 is 11.8 Å². The minimum absolute atomic E-state index is 0.00824. The highest BCUT2D eigenvalue weighted by Gasteiger charge is 2.46. The molecule has 0 aromatic carbocycles. The van der Waals surface area contributed by atoms with Crippen molar-refractivity contribution in [3.8, 4) is 0 Å². The molecule has 0 radical (unpaired) electrons. The van der Waals surface area contributed by atoms with Gasteiger partial charge in [-0.2, -0.15) is 0 Å². The molecule has 80 valence electrons. The summed E-state index contributed by atoms with van der Waals surface area (Å²) in [6.07, 6.45) is 1.02. The van der Waals surface area contributed by atoms with Gasteiger partial charge >= 0.3 is 5.97 Å². The second kappa shape index (κ2) is 3.72. The number of carboxylic acids is 1. The van der Waals surface area contributed by atoms with E-state index in [1.165, 1.54) is 0 Å². The summed E-state index contributed by atoms with van der Waals surface area (Å²) in [6, 6.07) is -0.361. The van der Waals surface area contributed by atoms with E-state index >= 15 is 0 Å². The standard InChI is InChI=1S/C9H16N2O2S/c1-6-4-10-3-2-9(6)11-7(5-14-9)8(12)13/h6-7,10-11H,2-5H2,1H3,(H,12,13)/t6?,7-,9?/m1/s1. The van der Waals surface area contributed by atoms with Gasteiger partial charge in [-0.15, -0.1) is 11.8 Å². The molecule has 2 unspecified atom stereocenters. The molecule has 2 aliphatic rings. The number of piperidine rings is 1. The van der Waals surface area contributed by atoms with Gasteiger partial charge in [-0.1, -0.05) is 6.92 Å². The van der Waals surface area contributed by atoms with E-state index in [9.17, 15) is 4.79 Å². The number of aliphatic carboxylic acids is 1. The summed E-state index contributed by atoms with van der Waals surface area (Å²) in [4.78, 5) is 10.9. The monoisotopic (exact) mass is 216 g/mol. The van der Waals surface area contributed by atoms with Crippen LogP contribution in [0.4, 0.5) is 0 Å². The van der Waals surface area contributed by atoms with Crippen molar-refractivity contribution in [1.29, 1.82) is 0 Å². The van der Waals surface area contributed by atoms with Crippen molar-refractivity contribution in [2.75, 3.05) is 18.8 Å². The van der Waals surface area contributed by atoms with Gasteiger partial charge < -0.3 is 10.4 Å². The Labute approximate surface area is 87.8 Å². The highest BCUT2D eigenvalue weighted by atomic mass is 32.2. The first-order chi connectivity index (χ1) is 6.64. The van der Waals surface area contributed by atoms with Crippen LogP contribution in [0.5, 0.6) is 0 Å². The van der Waals surface area contributed by atoms with Crippen LogP contribution in [-0.4, -0.2) is 40.8 Å². The molecule has 4 nitrogen and oxygen atoms in total. The van der Waals surface area contributed by atoms with E-state index in [2.05, 4.69) is 17.6 Å². The molecule has 0 bridgehead atoms. The van der Waals surface area contributed by atoms with Gasteiger partial charge in [0.05, 0.1) is 4.87 Å². The molecule has 2 aliphatic heterocycles. The third-order valence-electron chi connectivity index (χ3n) is 3.14. The van der Waals surface area contributed by atoms with Crippen LogP contribution < -0.4 is 10.6 Å². The highest BCUT2D eigenvalue weighted by molar-refractivity contribution is 8.01. The zero-order valence-corrected chi connectivity index (χ0v) is 9.06. The number of carbonyl (C=O) groups is 1. The molecule has 2 rings (SSSR count). The largest absolute Gasteiger partial charge is 0.480 e. The van der Waals surface area contributed by atoms with E-state index in [1.54, 1.807) is 11.8 Å². The third-order valence-corrected chi connectivity index (χ3v) is 4.88. The van der Waals surface area contributed by atoms with Crippen LogP contribution in [0.15, 0.2) is 0 Å². The molecule has 5 heteroatoms. The molecule has 2 saturated heterocycles. The summed E-state index contributed by atoms with van der Waals surface area (Å²) in [7, 11) is 0. The van der Waals surface area contributed by atoms with Gasteiger partial charge in [0, 0.05) is 12.3 Å². The molecule has 0 aromatic rings. The SMILES string of the molecule is CC1CNCCC12N[C@@H](C(=O)O)CS2. The summed E-state index contributed by atoms with van der Waals surface area (Å²) in [5.74, 6) is 0.463. The van der Waals surface area contributed by atoms with E-state index in [0.29, 0.717) is 11.7 Å². The lowest BCUT2D eigenvalue weighted by Crippen LogP contribution is -2.55. The van der Waals surface area contributed by atoms with Crippen molar-refractivity contribution < 1.29 is 9.90 Å². The summed E-state index contributed by atoms with van der Waals surface area (Å²) in [5.41, 5.74) is 0. The van der Waals surface area contributed by atoms with Crippen LogP contribution in [0.1, 0.15) is 13.3 Å². The maximum Gasteiger partial charge on any atom is 0.321 e. The number of thioether (sulfide) groups is 1. The topological polar surface area (TPSA) is 61.4 Å². The molecule has 3 N–H and O–H groups in total. The fourth-order valence-corrected chi connectivity index (χ4v) is 3.71. The second-order valence-electron chi connectivity index (χ2n) is 4.09. The van der Waals surface area contributed by atoms with Gasteiger partial charge in [0.25, 0.3) is 0 Å². The Bertz CT molecular complexity index is 249. The Morgan fingerprint density at radius 3 is 3.00 bits per heavy atom. The Hall–Kier alpha value is -0.260. The number of nitrogens with one attached hydrogen (secondary N) is 2. The molecule has 0 amide bonds. The van der Waals surface area contributed by atoms with Crippen LogP contribution in [0, 0.1) is 5.92 Å². The third kappa shape index (κ3) is 1.64. The maximum absolute atomic E-state index is 10.8. The normalized spacial score (nSPS) is 42.9. The fraction of sp³-hybridized carbons (Fsp3) is 0.889. The predicted molar refractivity (Wildman–Crippen MR) is 56.4 cm³/mol. The molecular weight excluding hydrogens is 200 g/mol. The molecule has 0 aliphatic carbocycles. The van der Waals surface area contributed by atoms with Gasteiger partial charge in [-0.05, 0) is 18.9 Å². The van der Waals surface area contributed by atoms with Crippen molar-refractivity contribution in [3.05, 3.63) is 0 Å². The predicted octanol–water partition coefficient (Wildman–Crippen LogP) is 0.102. The highest BCUT2D eigenvalue weighted by Crippen LogP contribution is 2.40. The average molecular weight is 216 g/mol. The number of hydrogen-bond acceptors (Lipinski definition) is 4. The molecule has 2 fully saturated rings. The lowest BCUT2D eigenvalue weighted by atomic mass is 9.94. The summed E-state index contributed by atoms with van der Waals surface area (Å²) in [5, 5.41) is 15.5. The Morgan fingerprint density at radius 1 is 1.64 bits per heavy atom. The lowest BCUT2D eigenvalue weighted by molar-refractivity contribution is -0.139. The summed E-state index contributed by atoms with van der Waals surface area (Å²) < 4.78 is 0. The molecule has 3 atom stereocenters. The van der Waals surface area contributed by atoms with Crippen LogP contribution in [0.25, 0.3) is 0 Å². The van der Waals surface area contributed by atoms with Gasteiger partial charge in [-0.3, -0.25) is 10.1 Å². The minimum Gasteiger partial charge on any atom is -0.480 e. The molecule has 14 heavy (non-hydrogen) atoms. The Balaban J connectivity index is 2.06. The average Bonchev–Trinajstić information content (AvgIpc) is 2.56. The van der Waals surface area contributed by atoms with Crippen LogP contribution in [-0.2, 0) is 4.79 Å². The van der Waals surface area contributed by atoms with Crippen LogP contribution in [0.2, 0.25) is 0 Å². The zero-order chi connectivity index (χ0) is 10.2. The Morgan fingerprint density at radius 2 is 2.43 bits per heavy atom. The van der Waals surface area contributed by atoms with Crippen molar-refractivity contribution in [1.82, 2.24) is 10.6 Å². The van der Waals surface area contributed by atoms with Crippen molar-refractivity contribution >= 4 is 17.7 Å². The second-order valence-corrected chi connectivity index (χ2v) is 5.44. The minimum atomic E-state index is -0.722. The summed E-state index contributed by atoms with van der Waals surface area (Å²) >= 11 is 1.78. The van der Waals surface area contributed by atoms with Gasteiger partial charge in [0.1, 0.15) is 6.04 Å². The first-order valence-electron chi connectivity index (χ1n) is 4.99. The van der Waals surface area contributed by atoms with E-state index in [1.807, 2.05) is 0 Å². The van der Waals surface area contributed by atoms with E-state index in [4.69, 9.17) is 5.11 Å². The van der Waals surface area contributed by atoms with Gasteiger partial charge in [-0.25, -0.2) is 0 Å². The Kier molecular flexibility index (Phi) is 2.72. The molecule has 0 aromatic heterocycles. The molecule has 1 spiro atoms. The lowest BCUT2D eigenvalue weighted by Gasteiger charge is -2.39. The van der Waals surface area contributed by atoms with Gasteiger partial charge in [0.15, 0.2) is 0 Å². The maximum atomic E-state index is 10.8. The summed E-state index contributed by atoms with van der Waals surface area (Å²) in [6.45, 7) is 4.14. The fourth-order valence-electron chi connectivity index (χ4n) is 2.18. The zero-order valence-electron chi connectivity index (χ0n) is 8.25. The molecular formula is C9H16N2O2S. The first kappa shape index (κ1) is 10.3. The first-order valence-corrected chi connectivity index (χ1v) is 5.98. The van der Waals surface area contributed by atoms with Crippen LogP contribution in [0.3, 0.4) is 0 Å². The number of hydrogen-bond donors (Lipinski definition) is 3. The quantitative estimate of drug-likeness (QED) is 0.580. The van der Waals surface area contributed by atoms with E-state index in [-0.39, 0.29) is 10.9 Å². The number of carboxylic acid groups (broad SMARTS) is 1. The molecule has 0 saturated carbocycles. The van der Waals surface area contributed by atoms with E-state index < -0.39 is 5.97 Å². The smallest absolute Gasteiger partial charge is 0.321 e. The van der Waals surface area contributed by atoms with E-state index in [0.717, 1.165) is 19.5 Å². The van der Waals surface area contributed by atoms with Gasteiger partial charge in [0.2, 0.25) is 0 Å². The van der Waals surface area contributed by atoms with Crippen molar-refractivity contribution in [2.45, 2.75) is 24.3 Å². The van der Waals surface area contributed by atoms with Crippen molar-refractivity contribution in [3.63, 3.8) is 0 Å². The van der Waals surface area contributed by atoms with Crippen molar-refractivity contribution in [2.24, 2.45) is 5.92 Å². The number of rotatable bonds is 1.